The van der Waals surface area contributed by atoms with Crippen LogP contribution < -0.4 is 0 Å². The monoisotopic (exact) mass is 310 g/mol. The zero-order chi connectivity index (χ0) is 16.4. The topological polar surface area (TPSA) is 92.9 Å². The fraction of sp³-hybridized carbons (Fsp3) is 0.667. The SMILES string of the molecule is COC(=O)C1CC(O)CN1C(=O)C(c1cc(C)no1)C(C)C. The summed E-state index contributed by atoms with van der Waals surface area (Å²) in [6, 6.07) is 0.972. The zero-order valence-corrected chi connectivity index (χ0v) is 13.3. The van der Waals surface area contributed by atoms with Crippen molar-refractivity contribution >= 4 is 11.9 Å². The number of esters is 1. The Kier molecular flexibility index (Phi) is 4.85. The lowest BCUT2D eigenvalue weighted by atomic mass is 9.91. The van der Waals surface area contributed by atoms with Crippen molar-refractivity contribution in [3.63, 3.8) is 0 Å². The van der Waals surface area contributed by atoms with Gasteiger partial charge in [-0.05, 0) is 12.8 Å². The number of aromatic nitrogens is 1. The molecule has 3 atom stereocenters. The predicted molar refractivity (Wildman–Crippen MR) is 77.0 cm³/mol. The molecule has 1 aliphatic rings. The summed E-state index contributed by atoms with van der Waals surface area (Å²) in [7, 11) is 1.27. The summed E-state index contributed by atoms with van der Waals surface area (Å²) in [6.45, 7) is 5.71. The maximum Gasteiger partial charge on any atom is 0.328 e. The van der Waals surface area contributed by atoms with Gasteiger partial charge in [-0.25, -0.2) is 4.79 Å². The maximum atomic E-state index is 12.9. The highest BCUT2D eigenvalue weighted by Gasteiger charge is 2.43. The first-order valence-corrected chi connectivity index (χ1v) is 7.34. The van der Waals surface area contributed by atoms with E-state index in [1.165, 1.54) is 12.0 Å². The highest BCUT2D eigenvalue weighted by molar-refractivity contribution is 5.89. The third-order valence-corrected chi connectivity index (χ3v) is 3.92. The van der Waals surface area contributed by atoms with Gasteiger partial charge >= 0.3 is 5.97 Å². The summed E-state index contributed by atoms with van der Waals surface area (Å²) < 4.78 is 9.97. The first-order chi connectivity index (χ1) is 10.3. The van der Waals surface area contributed by atoms with E-state index in [0.29, 0.717) is 11.5 Å². The fourth-order valence-corrected chi connectivity index (χ4v) is 2.86. The van der Waals surface area contributed by atoms with Crippen molar-refractivity contribution < 1.29 is 24.0 Å². The number of hydrogen-bond donors (Lipinski definition) is 1. The molecule has 7 nitrogen and oxygen atoms in total. The van der Waals surface area contributed by atoms with Crippen LogP contribution in [-0.4, -0.2) is 52.8 Å². The molecule has 22 heavy (non-hydrogen) atoms. The van der Waals surface area contributed by atoms with Crippen LogP contribution in [0, 0.1) is 12.8 Å². The molecule has 0 bridgehead atoms. The van der Waals surface area contributed by atoms with Gasteiger partial charge in [-0.2, -0.15) is 0 Å². The van der Waals surface area contributed by atoms with E-state index in [0.717, 1.165) is 0 Å². The van der Waals surface area contributed by atoms with Crippen molar-refractivity contribution in [3.05, 3.63) is 17.5 Å². The Morgan fingerprint density at radius 3 is 2.68 bits per heavy atom. The molecule has 0 saturated carbocycles. The van der Waals surface area contributed by atoms with Crippen LogP contribution in [0.3, 0.4) is 0 Å². The fourth-order valence-electron chi connectivity index (χ4n) is 2.86. The van der Waals surface area contributed by atoms with Gasteiger partial charge in [0.05, 0.1) is 18.9 Å². The molecule has 0 spiro atoms. The van der Waals surface area contributed by atoms with Crippen LogP contribution >= 0.6 is 0 Å². The number of methoxy groups -OCH3 is 1. The molecule has 1 aromatic heterocycles. The predicted octanol–water partition coefficient (Wildman–Crippen LogP) is 0.857. The maximum absolute atomic E-state index is 12.9. The molecule has 1 amide bonds. The molecular formula is C15H22N2O5. The van der Waals surface area contributed by atoms with Crippen LogP contribution in [0.25, 0.3) is 0 Å². The molecule has 0 aliphatic carbocycles. The molecule has 1 N–H and O–H groups in total. The second-order valence-electron chi connectivity index (χ2n) is 6.01. The Balaban J connectivity index is 2.28. The second kappa shape index (κ2) is 6.48. The summed E-state index contributed by atoms with van der Waals surface area (Å²) in [5, 5.41) is 13.6. The van der Waals surface area contributed by atoms with Crippen LogP contribution in [0.4, 0.5) is 0 Å². The van der Waals surface area contributed by atoms with Crippen molar-refractivity contribution in [1.29, 1.82) is 0 Å². The Hall–Kier alpha value is -1.89. The number of rotatable bonds is 4. The van der Waals surface area contributed by atoms with Crippen LogP contribution in [0.2, 0.25) is 0 Å². The molecule has 2 rings (SSSR count). The van der Waals surface area contributed by atoms with Gasteiger partial charge in [0, 0.05) is 19.0 Å². The minimum atomic E-state index is -0.752. The molecule has 7 heteroatoms. The Labute approximate surface area is 129 Å². The number of aliphatic hydroxyl groups is 1. The van der Waals surface area contributed by atoms with Crippen molar-refractivity contribution in [3.8, 4) is 0 Å². The number of hydrogen-bond acceptors (Lipinski definition) is 6. The third-order valence-electron chi connectivity index (χ3n) is 3.92. The Morgan fingerprint density at radius 1 is 1.50 bits per heavy atom. The molecular weight excluding hydrogens is 288 g/mol. The highest BCUT2D eigenvalue weighted by Crippen LogP contribution is 2.31. The van der Waals surface area contributed by atoms with Gasteiger partial charge < -0.3 is 19.3 Å². The summed E-state index contributed by atoms with van der Waals surface area (Å²) in [6.07, 6.45) is -0.532. The molecule has 3 unspecified atom stereocenters. The van der Waals surface area contributed by atoms with Crippen LogP contribution in [0.15, 0.2) is 10.6 Å². The number of aryl methyl sites for hydroxylation is 1. The standard InChI is InChI=1S/C15H22N2O5/c1-8(2)13(12-5-9(3)16-22-12)14(19)17-7-10(18)6-11(17)15(20)21-4/h5,8,10-11,13,18H,6-7H2,1-4H3. The zero-order valence-electron chi connectivity index (χ0n) is 13.3. The van der Waals surface area contributed by atoms with E-state index in [2.05, 4.69) is 5.16 Å². The highest BCUT2D eigenvalue weighted by atomic mass is 16.5. The van der Waals surface area contributed by atoms with Crippen molar-refractivity contribution in [2.45, 2.75) is 45.3 Å². The second-order valence-corrected chi connectivity index (χ2v) is 6.01. The van der Waals surface area contributed by atoms with E-state index in [9.17, 15) is 14.7 Å². The van der Waals surface area contributed by atoms with E-state index < -0.39 is 24.0 Å². The minimum Gasteiger partial charge on any atom is -0.467 e. The summed E-state index contributed by atoms with van der Waals surface area (Å²) >= 11 is 0. The number of β-amino-alcohol motifs (C(OH)–C–C–N with tert-alkyl or cyclic N) is 1. The first-order valence-electron chi connectivity index (χ1n) is 7.34. The van der Waals surface area contributed by atoms with E-state index in [-0.39, 0.29) is 24.8 Å². The number of nitrogens with zero attached hydrogens (tertiary/aromatic N) is 2. The lowest BCUT2D eigenvalue weighted by Crippen LogP contribution is -2.44. The van der Waals surface area contributed by atoms with Crippen molar-refractivity contribution in [1.82, 2.24) is 10.1 Å². The van der Waals surface area contributed by atoms with Crippen molar-refractivity contribution in [2.75, 3.05) is 13.7 Å². The molecule has 0 aromatic carbocycles. The number of carbonyl (C=O) groups is 2. The van der Waals surface area contributed by atoms with Crippen molar-refractivity contribution in [2.24, 2.45) is 5.92 Å². The summed E-state index contributed by atoms with van der Waals surface area (Å²) in [4.78, 5) is 26.1. The minimum absolute atomic E-state index is 0.0316. The molecule has 1 aromatic rings. The first kappa shape index (κ1) is 16.5. The smallest absolute Gasteiger partial charge is 0.328 e. The quantitative estimate of drug-likeness (QED) is 0.829. The Bertz CT molecular complexity index is 554. The van der Waals surface area contributed by atoms with Gasteiger partial charge in [-0.1, -0.05) is 19.0 Å². The average Bonchev–Trinajstić information content (AvgIpc) is 3.04. The Morgan fingerprint density at radius 2 is 2.18 bits per heavy atom. The molecule has 1 aliphatic heterocycles. The largest absolute Gasteiger partial charge is 0.467 e. The number of ether oxygens (including phenoxy) is 1. The number of aliphatic hydroxyl groups excluding tert-OH is 1. The normalized spacial score (nSPS) is 22.9. The van der Waals surface area contributed by atoms with E-state index in [1.54, 1.807) is 13.0 Å². The van der Waals surface area contributed by atoms with E-state index in [1.807, 2.05) is 13.8 Å². The number of carbonyl (C=O) groups excluding carboxylic acids is 2. The molecule has 1 fully saturated rings. The number of amides is 1. The van der Waals surface area contributed by atoms with Gasteiger partial charge in [-0.15, -0.1) is 0 Å². The molecule has 0 radical (unpaired) electrons. The lowest BCUT2D eigenvalue weighted by molar-refractivity contribution is -0.152. The van der Waals surface area contributed by atoms with Crippen LogP contribution in [0.5, 0.6) is 0 Å². The van der Waals surface area contributed by atoms with Gasteiger partial charge in [-0.3, -0.25) is 4.79 Å². The third kappa shape index (κ3) is 3.14. The van der Waals surface area contributed by atoms with E-state index >= 15 is 0 Å². The van der Waals surface area contributed by atoms with Crippen LogP contribution in [0.1, 0.15) is 37.6 Å². The molecule has 1 saturated heterocycles. The summed E-state index contributed by atoms with van der Waals surface area (Å²) in [5.41, 5.74) is 0.694. The van der Waals surface area contributed by atoms with Gasteiger partial charge in [0.15, 0.2) is 0 Å². The molecule has 122 valence electrons. The van der Waals surface area contributed by atoms with Gasteiger partial charge in [0.2, 0.25) is 5.91 Å². The van der Waals surface area contributed by atoms with Gasteiger partial charge in [0.25, 0.3) is 0 Å². The average molecular weight is 310 g/mol. The van der Waals surface area contributed by atoms with Gasteiger partial charge in [0.1, 0.15) is 17.7 Å². The van der Waals surface area contributed by atoms with Crippen LogP contribution in [-0.2, 0) is 14.3 Å². The summed E-state index contributed by atoms with van der Waals surface area (Å²) in [5.74, 6) is -0.865. The lowest BCUT2D eigenvalue weighted by Gasteiger charge is -2.27. The number of likely N-dealkylation sites (tertiary alicyclic amines) is 1. The van der Waals surface area contributed by atoms with E-state index in [4.69, 9.17) is 9.26 Å². The molecule has 2 heterocycles.